The van der Waals surface area contributed by atoms with Gasteiger partial charge in [-0.05, 0) is 23.1 Å². The number of allylic oxidation sites excluding steroid dienone is 3. The minimum Gasteiger partial charge on any atom is -0.444 e. The first kappa shape index (κ1) is 17.1. The van der Waals surface area contributed by atoms with Crippen molar-refractivity contribution in [2.75, 3.05) is 19.0 Å². The van der Waals surface area contributed by atoms with Crippen molar-refractivity contribution in [1.82, 2.24) is 0 Å². The lowest BCUT2D eigenvalue weighted by molar-refractivity contribution is -0.119. The average molecular weight is 337 g/mol. The molecule has 1 aromatic carbocycles. The van der Waals surface area contributed by atoms with Crippen molar-refractivity contribution in [1.29, 1.82) is 5.26 Å². The Balaban J connectivity index is 2.12. The molecule has 1 aliphatic carbocycles. The van der Waals surface area contributed by atoms with Crippen LogP contribution in [-0.4, -0.2) is 19.9 Å². The third-order valence-electron chi connectivity index (χ3n) is 4.82. The van der Waals surface area contributed by atoms with Gasteiger partial charge in [-0.3, -0.25) is 4.79 Å². The molecule has 3 rings (SSSR count). The number of benzene rings is 1. The Kier molecular flexibility index (Phi) is 4.08. The number of carbonyl (C=O) groups excluding carboxylic acids is 1. The summed E-state index contributed by atoms with van der Waals surface area (Å²) in [6.07, 6.45) is 1.08. The second-order valence-electron chi connectivity index (χ2n) is 7.69. The summed E-state index contributed by atoms with van der Waals surface area (Å²) < 4.78 is 5.70. The maximum atomic E-state index is 12.9. The molecule has 5 heteroatoms. The van der Waals surface area contributed by atoms with Gasteiger partial charge in [-0.15, -0.1) is 0 Å². The maximum absolute atomic E-state index is 12.9. The fraction of sp³-hybridized carbons (Fsp3) is 0.400. The number of nitrogens with two attached hydrogens (primary N) is 1. The van der Waals surface area contributed by atoms with Crippen molar-refractivity contribution in [3.05, 3.63) is 52.6 Å². The van der Waals surface area contributed by atoms with Crippen LogP contribution in [0.25, 0.3) is 0 Å². The van der Waals surface area contributed by atoms with Crippen molar-refractivity contribution in [2.45, 2.75) is 32.6 Å². The highest BCUT2D eigenvalue weighted by atomic mass is 16.5. The number of hydrogen-bond donors (Lipinski definition) is 1. The zero-order valence-corrected chi connectivity index (χ0v) is 15.1. The normalized spacial score (nSPS) is 22.2. The van der Waals surface area contributed by atoms with E-state index in [-0.39, 0.29) is 17.1 Å². The Morgan fingerprint density at radius 3 is 2.44 bits per heavy atom. The van der Waals surface area contributed by atoms with Crippen molar-refractivity contribution in [3.8, 4) is 6.07 Å². The first-order valence-corrected chi connectivity index (χ1v) is 8.34. The number of nitrogens with zero attached hydrogens (tertiary/aromatic N) is 2. The summed E-state index contributed by atoms with van der Waals surface area (Å²) in [5, 5.41) is 9.61. The van der Waals surface area contributed by atoms with E-state index in [9.17, 15) is 10.1 Å². The smallest absolute Gasteiger partial charge is 0.205 e. The summed E-state index contributed by atoms with van der Waals surface area (Å²) in [5.74, 6) is 0.301. The van der Waals surface area contributed by atoms with Crippen molar-refractivity contribution < 1.29 is 9.53 Å². The highest BCUT2D eigenvalue weighted by molar-refractivity contribution is 6.00. The van der Waals surface area contributed by atoms with E-state index < -0.39 is 5.92 Å². The fourth-order valence-electron chi connectivity index (χ4n) is 3.58. The van der Waals surface area contributed by atoms with Gasteiger partial charge in [-0.25, -0.2) is 0 Å². The summed E-state index contributed by atoms with van der Waals surface area (Å²) in [7, 11) is 3.94. The predicted molar refractivity (Wildman–Crippen MR) is 96.5 cm³/mol. The Morgan fingerprint density at radius 1 is 1.24 bits per heavy atom. The van der Waals surface area contributed by atoms with E-state index >= 15 is 0 Å². The Morgan fingerprint density at radius 2 is 1.88 bits per heavy atom. The molecule has 1 unspecified atom stereocenters. The van der Waals surface area contributed by atoms with Crippen LogP contribution in [0.4, 0.5) is 5.69 Å². The van der Waals surface area contributed by atoms with E-state index in [1.807, 2.05) is 57.1 Å². The maximum Gasteiger partial charge on any atom is 0.205 e. The molecule has 0 saturated heterocycles. The van der Waals surface area contributed by atoms with E-state index in [0.29, 0.717) is 29.7 Å². The van der Waals surface area contributed by atoms with E-state index in [1.54, 1.807) is 0 Å². The lowest BCUT2D eigenvalue weighted by Crippen LogP contribution is -2.33. The first-order valence-electron chi connectivity index (χ1n) is 8.34. The molecule has 2 aliphatic rings. The second kappa shape index (κ2) is 5.96. The van der Waals surface area contributed by atoms with Crippen LogP contribution in [-0.2, 0) is 9.53 Å². The second-order valence-corrected chi connectivity index (χ2v) is 7.69. The molecule has 1 heterocycles. The molecular formula is C20H23N3O2. The monoisotopic (exact) mass is 337 g/mol. The molecule has 25 heavy (non-hydrogen) atoms. The number of nitriles is 1. The number of rotatable bonds is 2. The molecule has 0 spiro atoms. The SMILES string of the molecule is CN(C)c1ccc(C2C(C#N)=C(N)OC3=C2C(=O)CC(C)(C)C3)cc1. The third-order valence-corrected chi connectivity index (χ3v) is 4.82. The van der Waals surface area contributed by atoms with Crippen LogP contribution in [0, 0.1) is 16.7 Å². The van der Waals surface area contributed by atoms with Gasteiger partial charge in [0.2, 0.25) is 5.88 Å². The van der Waals surface area contributed by atoms with Crippen LogP contribution >= 0.6 is 0 Å². The first-order chi connectivity index (χ1) is 11.7. The molecule has 0 bridgehead atoms. The molecule has 0 saturated carbocycles. The largest absolute Gasteiger partial charge is 0.444 e. The number of carbonyl (C=O) groups is 1. The molecule has 0 fully saturated rings. The van der Waals surface area contributed by atoms with Crippen molar-refractivity contribution in [3.63, 3.8) is 0 Å². The van der Waals surface area contributed by atoms with Gasteiger partial charge in [0, 0.05) is 38.2 Å². The number of ether oxygens (including phenoxy) is 1. The van der Waals surface area contributed by atoms with Crippen LogP contribution in [0.5, 0.6) is 0 Å². The zero-order chi connectivity index (χ0) is 18.4. The van der Waals surface area contributed by atoms with Crippen LogP contribution in [0.2, 0.25) is 0 Å². The number of ketones is 1. The summed E-state index contributed by atoms with van der Waals surface area (Å²) in [6.45, 7) is 4.08. The fourth-order valence-corrected chi connectivity index (χ4v) is 3.58. The molecule has 0 aromatic heterocycles. The minimum atomic E-state index is -0.450. The predicted octanol–water partition coefficient (Wildman–Crippen LogP) is 3.20. The van der Waals surface area contributed by atoms with Gasteiger partial charge in [-0.1, -0.05) is 26.0 Å². The molecule has 0 radical (unpaired) electrons. The average Bonchev–Trinajstić information content (AvgIpc) is 2.52. The molecule has 130 valence electrons. The molecule has 2 N–H and O–H groups in total. The van der Waals surface area contributed by atoms with E-state index in [1.165, 1.54) is 0 Å². The summed E-state index contributed by atoms with van der Waals surface area (Å²) in [4.78, 5) is 14.9. The van der Waals surface area contributed by atoms with Gasteiger partial charge in [0.25, 0.3) is 0 Å². The quantitative estimate of drug-likeness (QED) is 0.896. The van der Waals surface area contributed by atoms with Gasteiger partial charge in [0.15, 0.2) is 5.78 Å². The van der Waals surface area contributed by atoms with Gasteiger partial charge >= 0.3 is 0 Å². The standard InChI is InChI=1S/C20H23N3O2/c1-20(2)9-15(24)18-16(10-20)25-19(22)14(11-21)17(18)12-5-7-13(8-6-12)23(3)4/h5-8,17H,9-10,22H2,1-4H3. The Hall–Kier alpha value is -2.74. The summed E-state index contributed by atoms with van der Waals surface area (Å²) in [5.41, 5.74) is 8.68. The Bertz CT molecular complexity index is 823. The Labute approximate surface area is 148 Å². The summed E-state index contributed by atoms with van der Waals surface area (Å²) in [6, 6.07) is 10.0. The highest BCUT2D eigenvalue weighted by Gasteiger charge is 2.42. The minimum absolute atomic E-state index is 0.0354. The lowest BCUT2D eigenvalue weighted by Gasteiger charge is -2.37. The number of anilines is 1. The van der Waals surface area contributed by atoms with Gasteiger partial charge in [-0.2, -0.15) is 5.26 Å². The van der Waals surface area contributed by atoms with Crippen molar-refractivity contribution >= 4 is 11.5 Å². The van der Waals surface area contributed by atoms with Crippen LogP contribution in [0.1, 0.15) is 38.2 Å². The topological polar surface area (TPSA) is 79.3 Å². The molecule has 5 nitrogen and oxygen atoms in total. The summed E-state index contributed by atoms with van der Waals surface area (Å²) >= 11 is 0. The zero-order valence-electron chi connectivity index (χ0n) is 15.1. The van der Waals surface area contributed by atoms with Crippen LogP contribution in [0.15, 0.2) is 47.1 Å². The van der Waals surface area contributed by atoms with E-state index in [0.717, 1.165) is 11.3 Å². The van der Waals surface area contributed by atoms with Gasteiger partial charge in [0.1, 0.15) is 17.4 Å². The molecule has 1 aliphatic heterocycles. The van der Waals surface area contributed by atoms with Crippen LogP contribution < -0.4 is 10.6 Å². The molecule has 0 amide bonds. The number of Topliss-reactive ketones (excluding diaryl/α,β-unsaturated/α-hetero) is 1. The van der Waals surface area contributed by atoms with Gasteiger partial charge in [0.05, 0.1) is 5.92 Å². The van der Waals surface area contributed by atoms with Gasteiger partial charge < -0.3 is 15.4 Å². The molecular weight excluding hydrogens is 314 g/mol. The number of hydrogen-bond acceptors (Lipinski definition) is 5. The molecule has 1 aromatic rings. The van der Waals surface area contributed by atoms with E-state index in [4.69, 9.17) is 10.5 Å². The third kappa shape index (κ3) is 3.00. The highest BCUT2D eigenvalue weighted by Crippen LogP contribution is 2.47. The lowest BCUT2D eigenvalue weighted by atomic mass is 9.70. The molecule has 1 atom stereocenters. The van der Waals surface area contributed by atoms with Crippen molar-refractivity contribution in [2.24, 2.45) is 11.1 Å². The van der Waals surface area contributed by atoms with E-state index in [2.05, 4.69) is 6.07 Å². The van der Waals surface area contributed by atoms with Crippen LogP contribution in [0.3, 0.4) is 0 Å².